The van der Waals surface area contributed by atoms with Gasteiger partial charge in [-0.2, -0.15) is 0 Å². The van der Waals surface area contributed by atoms with Gasteiger partial charge in [0, 0.05) is 18.1 Å². The van der Waals surface area contributed by atoms with Crippen LogP contribution in [0.3, 0.4) is 0 Å². The number of carboxylic acid groups (broad SMARTS) is 1. The van der Waals surface area contributed by atoms with E-state index in [1.165, 1.54) is 13.0 Å². The predicted octanol–water partition coefficient (Wildman–Crippen LogP) is 4.29. The van der Waals surface area contributed by atoms with Crippen molar-refractivity contribution in [2.75, 3.05) is 6.61 Å². The van der Waals surface area contributed by atoms with Crippen LogP contribution in [0.25, 0.3) is 11.0 Å². The van der Waals surface area contributed by atoms with Crippen LogP contribution in [0.5, 0.6) is 11.5 Å². The van der Waals surface area contributed by atoms with Crippen molar-refractivity contribution >= 4 is 22.7 Å². The minimum absolute atomic E-state index is 0.0711. The van der Waals surface area contributed by atoms with E-state index in [0.717, 1.165) is 24.5 Å². The molecule has 8 heteroatoms. The lowest BCUT2D eigenvalue weighted by atomic mass is 9.95. The molecule has 0 spiro atoms. The molecule has 1 heterocycles. The number of aromatic hydroxyl groups is 1. The summed E-state index contributed by atoms with van der Waals surface area (Å²) in [7, 11) is 0. The highest BCUT2D eigenvalue weighted by molar-refractivity contribution is 5.97. The van der Waals surface area contributed by atoms with Crippen LogP contribution in [0.2, 0.25) is 0 Å². The predicted molar refractivity (Wildman–Crippen MR) is 131 cm³/mol. The fourth-order valence-electron chi connectivity index (χ4n) is 4.16. The number of aliphatic hydroxyl groups is 1. The van der Waals surface area contributed by atoms with Gasteiger partial charge in [0.15, 0.2) is 11.2 Å². The monoisotopic (exact) mass is 482 g/mol. The number of ketones is 1. The Labute approximate surface area is 202 Å². The molecule has 0 aliphatic heterocycles. The number of rotatable bonds is 11. The van der Waals surface area contributed by atoms with E-state index < -0.39 is 23.3 Å². The van der Waals surface area contributed by atoms with Gasteiger partial charge in [-0.1, -0.05) is 32.8 Å². The van der Waals surface area contributed by atoms with Crippen molar-refractivity contribution in [3.63, 3.8) is 0 Å². The number of aromatic carboxylic acids is 1. The van der Waals surface area contributed by atoms with Crippen molar-refractivity contribution in [3.05, 3.63) is 68.6 Å². The van der Waals surface area contributed by atoms with Crippen LogP contribution in [-0.2, 0) is 19.3 Å². The molecular formula is C27H30O8. The van der Waals surface area contributed by atoms with E-state index in [0.29, 0.717) is 29.7 Å². The van der Waals surface area contributed by atoms with Gasteiger partial charge in [-0.25, -0.2) is 4.79 Å². The summed E-state index contributed by atoms with van der Waals surface area (Å²) in [6.45, 7) is 5.21. The average Bonchev–Trinajstić information content (AvgIpc) is 2.80. The molecule has 0 aliphatic rings. The Kier molecular flexibility index (Phi) is 8.30. The van der Waals surface area contributed by atoms with Crippen LogP contribution in [0, 0.1) is 0 Å². The van der Waals surface area contributed by atoms with Crippen LogP contribution in [0.15, 0.2) is 39.5 Å². The van der Waals surface area contributed by atoms with Crippen LogP contribution in [-0.4, -0.2) is 39.8 Å². The lowest BCUT2D eigenvalue weighted by Crippen LogP contribution is -2.21. The second kappa shape index (κ2) is 11.2. The zero-order valence-corrected chi connectivity index (χ0v) is 20.1. The number of Topliss-reactive ketones (excluding diaryl/α,β-unsaturated/α-hetero) is 1. The Morgan fingerprint density at radius 3 is 2.37 bits per heavy atom. The van der Waals surface area contributed by atoms with Crippen molar-refractivity contribution in [3.8, 4) is 11.5 Å². The normalized spacial score (nSPS) is 12.0. The number of carboxylic acids is 1. The van der Waals surface area contributed by atoms with Gasteiger partial charge in [0.1, 0.15) is 23.7 Å². The number of hydrogen-bond acceptors (Lipinski definition) is 7. The fraction of sp³-hybridized carbons (Fsp3) is 0.370. The van der Waals surface area contributed by atoms with Gasteiger partial charge in [0.2, 0.25) is 5.76 Å². The largest absolute Gasteiger partial charge is 0.507 e. The van der Waals surface area contributed by atoms with Crippen LogP contribution < -0.4 is 10.2 Å². The molecule has 0 amide bonds. The van der Waals surface area contributed by atoms with E-state index in [-0.39, 0.29) is 41.1 Å². The van der Waals surface area contributed by atoms with Gasteiger partial charge in [0.25, 0.3) is 0 Å². The van der Waals surface area contributed by atoms with Crippen LogP contribution in [0.4, 0.5) is 0 Å². The standard InChI is InChI=1S/C27H30O8/c1-4-6-19-16(8-9-20-22(30)13-24(27(32)33)35-26(19)20)12-17(29)14-34-23-11-10-18(15(3)28)25(31)21(23)7-5-2/h8-11,13,17,29,31H,4-7,12,14H2,1-3H3,(H,32,33). The van der Waals surface area contributed by atoms with Crippen LogP contribution >= 0.6 is 0 Å². The second-order valence-electron chi connectivity index (χ2n) is 8.52. The van der Waals surface area contributed by atoms with E-state index in [9.17, 15) is 29.7 Å². The minimum Gasteiger partial charge on any atom is -0.507 e. The third-order valence-corrected chi connectivity index (χ3v) is 5.81. The lowest BCUT2D eigenvalue weighted by Gasteiger charge is -2.18. The van der Waals surface area contributed by atoms with Gasteiger partial charge in [0.05, 0.1) is 17.1 Å². The Morgan fingerprint density at radius 2 is 1.74 bits per heavy atom. The minimum atomic E-state index is -1.33. The van der Waals surface area contributed by atoms with E-state index in [4.69, 9.17) is 9.15 Å². The van der Waals surface area contributed by atoms with Crippen molar-refractivity contribution in [1.29, 1.82) is 0 Å². The zero-order valence-electron chi connectivity index (χ0n) is 20.1. The Hall–Kier alpha value is -3.65. The van der Waals surface area contributed by atoms with Crippen molar-refractivity contribution in [2.24, 2.45) is 0 Å². The number of aryl methyl sites for hydroxylation is 1. The molecule has 0 bridgehead atoms. The van der Waals surface area contributed by atoms with Crippen molar-refractivity contribution in [1.82, 2.24) is 0 Å². The van der Waals surface area contributed by atoms with Gasteiger partial charge in [-0.05, 0) is 49.1 Å². The molecule has 2 aromatic carbocycles. The molecule has 3 rings (SSSR count). The third kappa shape index (κ3) is 5.71. The van der Waals surface area contributed by atoms with Crippen molar-refractivity contribution in [2.45, 2.75) is 59.0 Å². The first kappa shape index (κ1) is 26.0. The lowest BCUT2D eigenvalue weighted by molar-refractivity contribution is 0.0662. The molecule has 1 atom stereocenters. The molecule has 0 fully saturated rings. The molecule has 186 valence electrons. The molecule has 1 unspecified atom stereocenters. The van der Waals surface area contributed by atoms with Crippen molar-refractivity contribution < 1.29 is 34.1 Å². The molecule has 0 saturated heterocycles. The molecule has 1 aromatic heterocycles. The first-order chi connectivity index (χ1) is 16.7. The van der Waals surface area contributed by atoms with Gasteiger partial charge in [-0.15, -0.1) is 0 Å². The molecule has 3 N–H and O–H groups in total. The number of carbonyl (C=O) groups is 2. The van der Waals surface area contributed by atoms with Gasteiger partial charge >= 0.3 is 5.97 Å². The Bertz CT molecular complexity index is 1300. The molecular weight excluding hydrogens is 452 g/mol. The highest BCUT2D eigenvalue weighted by atomic mass is 16.5. The molecule has 3 aromatic rings. The summed E-state index contributed by atoms with van der Waals surface area (Å²) in [6.07, 6.45) is 1.76. The number of benzene rings is 2. The van der Waals surface area contributed by atoms with Crippen LogP contribution in [0.1, 0.15) is 71.2 Å². The maximum atomic E-state index is 12.4. The summed E-state index contributed by atoms with van der Waals surface area (Å²) >= 11 is 0. The topological polar surface area (TPSA) is 134 Å². The van der Waals surface area contributed by atoms with E-state index in [1.54, 1.807) is 18.2 Å². The number of phenols is 1. The van der Waals surface area contributed by atoms with E-state index in [2.05, 4.69) is 0 Å². The average molecular weight is 483 g/mol. The van der Waals surface area contributed by atoms with Gasteiger partial charge < -0.3 is 24.5 Å². The smallest absolute Gasteiger partial charge is 0.371 e. The first-order valence-electron chi connectivity index (χ1n) is 11.7. The number of carbonyl (C=O) groups excluding carboxylic acids is 1. The van der Waals surface area contributed by atoms with E-state index >= 15 is 0 Å². The molecule has 8 nitrogen and oxygen atoms in total. The highest BCUT2D eigenvalue weighted by Crippen LogP contribution is 2.33. The SMILES string of the molecule is CCCc1c(OCC(O)Cc2ccc3c(=O)cc(C(=O)O)oc3c2CCC)ccc(C(C)=O)c1O. The van der Waals surface area contributed by atoms with E-state index in [1.807, 2.05) is 13.8 Å². The Balaban J connectivity index is 1.88. The summed E-state index contributed by atoms with van der Waals surface area (Å²) in [4.78, 5) is 35.5. The summed E-state index contributed by atoms with van der Waals surface area (Å²) in [5.41, 5.74) is 1.94. The maximum Gasteiger partial charge on any atom is 0.371 e. The third-order valence-electron chi connectivity index (χ3n) is 5.81. The molecule has 0 saturated carbocycles. The first-order valence-corrected chi connectivity index (χ1v) is 11.7. The molecule has 0 aliphatic carbocycles. The maximum absolute atomic E-state index is 12.4. The van der Waals surface area contributed by atoms with Gasteiger partial charge in [-0.3, -0.25) is 9.59 Å². The number of fused-ring (bicyclic) bond motifs is 1. The zero-order chi connectivity index (χ0) is 25.7. The Morgan fingerprint density at radius 1 is 1.06 bits per heavy atom. The number of aliphatic hydroxyl groups excluding tert-OH is 1. The number of hydrogen-bond donors (Lipinski definition) is 3. The summed E-state index contributed by atoms with van der Waals surface area (Å²) in [5.74, 6) is -1.71. The number of ether oxygens (including phenoxy) is 1. The molecule has 35 heavy (non-hydrogen) atoms. The number of phenolic OH excluding ortho intramolecular Hbond substituents is 1. The second-order valence-corrected chi connectivity index (χ2v) is 8.52. The summed E-state index contributed by atoms with van der Waals surface area (Å²) in [6, 6.07) is 7.40. The quantitative estimate of drug-likeness (QED) is 0.345. The summed E-state index contributed by atoms with van der Waals surface area (Å²) < 4.78 is 11.4. The fourth-order valence-corrected chi connectivity index (χ4v) is 4.16. The highest BCUT2D eigenvalue weighted by Gasteiger charge is 2.20. The molecule has 0 radical (unpaired) electrons. The summed E-state index contributed by atoms with van der Waals surface area (Å²) in [5, 5.41) is 30.8.